The molecular formula is C22H36IN5O4. The van der Waals surface area contributed by atoms with Crippen LogP contribution in [0.4, 0.5) is 0 Å². The molecule has 0 saturated carbocycles. The summed E-state index contributed by atoms with van der Waals surface area (Å²) < 4.78 is 16.5. The van der Waals surface area contributed by atoms with Crippen LogP contribution in [0.25, 0.3) is 0 Å². The van der Waals surface area contributed by atoms with Crippen LogP contribution in [0.2, 0.25) is 0 Å². The monoisotopic (exact) mass is 561 g/mol. The smallest absolute Gasteiger partial charge is 0.236 e. The molecule has 3 fully saturated rings. The molecule has 3 saturated heterocycles. The zero-order chi connectivity index (χ0) is 21.3. The topological polar surface area (TPSA) is 82.8 Å². The van der Waals surface area contributed by atoms with E-state index in [-0.39, 0.29) is 36.0 Å². The number of aliphatic imine (C=N–C) groups is 1. The average molecular weight is 561 g/mol. The van der Waals surface area contributed by atoms with E-state index >= 15 is 0 Å². The fraction of sp³-hybridized carbons (Fsp3) is 0.727. The molecule has 0 aliphatic carbocycles. The zero-order valence-electron chi connectivity index (χ0n) is 18.7. The van der Waals surface area contributed by atoms with Crippen LogP contribution in [0.3, 0.4) is 0 Å². The molecule has 0 aromatic carbocycles. The molecular weight excluding hydrogens is 525 g/mol. The van der Waals surface area contributed by atoms with Crippen molar-refractivity contribution in [1.82, 2.24) is 20.0 Å². The van der Waals surface area contributed by atoms with Crippen molar-refractivity contribution in [2.45, 2.75) is 25.4 Å². The minimum absolute atomic E-state index is 0. The third-order valence-electron chi connectivity index (χ3n) is 6.10. The average Bonchev–Trinajstić information content (AvgIpc) is 3.52. The van der Waals surface area contributed by atoms with E-state index in [0.717, 1.165) is 70.3 Å². The van der Waals surface area contributed by atoms with E-state index < -0.39 is 0 Å². The molecule has 0 bridgehead atoms. The number of furan rings is 1. The second-order valence-electron chi connectivity index (χ2n) is 8.31. The molecule has 32 heavy (non-hydrogen) atoms. The maximum absolute atomic E-state index is 12.5. The lowest BCUT2D eigenvalue weighted by Crippen LogP contribution is -2.55. The molecule has 9 nitrogen and oxygen atoms in total. The number of amides is 1. The van der Waals surface area contributed by atoms with Crippen molar-refractivity contribution in [2.75, 3.05) is 78.7 Å². The highest BCUT2D eigenvalue weighted by Crippen LogP contribution is 2.12. The number of morpholine rings is 1. The van der Waals surface area contributed by atoms with Gasteiger partial charge in [0.25, 0.3) is 0 Å². The molecule has 10 heteroatoms. The van der Waals surface area contributed by atoms with Crippen LogP contribution in [0, 0.1) is 0 Å². The van der Waals surface area contributed by atoms with Gasteiger partial charge in [-0.15, -0.1) is 24.0 Å². The first-order valence-corrected chi connectivity index (χ1v) is 11.5. The largest absolute Gasteiger partial charge is 0.469 e. The summed E-state index contributed by atoms with van der Waals surface area (Å²) >= 11 is 0. The number of hydrogen-bond acceptors (Lipinski definition) is 6. The van der Waals surface area contributed by atoms with Crippen molar-refractivity contribution < 1.29 is 18.7 Å². The normalized spacial score (nSPS) is 22.6. The number of carbonyl (C=O) groups excluding carboxylic acids is 1. The number of guanidine groups is 1. The fourth-order valence-corrected chi connectivity index (χ4v) is 4.22. The standard InChI is InChI=1S/C22H35N5O4.HI/c28-21(26-11-15-29-16-12-26)18-25-7-9-27(10-8-25)22(24-17-20-4-2-14-31-20)23-6-5-19-3-1-13-30-19;/h1,3,13,20H,2,4-12,14-18H2,(H,23,24);1H. The number of nitrogens with zero attached hydrogens (tertiary/aromatic N) is 4. The number of halogens is 1. The van der Waals surface area contributed by atoms with E-state index in [0.29, 0.717) is 39.4 Å². The Labute approximate surface area is 207 Å². The summed E-state index contributed by atoms with van der Waals surface area (Å²) in [6.07, 6.45) is 4.96. The van der Waals surface area contributed by atoms with Gasteiger partial charge >= 0.3 is 0 Å². The number of hydrogen-bond donors (Lipinski definition) is 1. The van der Waals surface area contributed by atoms with E-state index in [1.54, 1.807) is 6.26 Å². The molecule has 3 aliphatic rings. The molecule has 4 rings (SSSR count). The van der Waals surface area contributed by atoms with Crippen molar-refractivity contribution in [3.8, 4) is 0 Å². The molecule has 1 amide bonds. The van der Waals surface area contributed by atoms with Gasteiger partial charge < -0.3 is 29.0 Å². The first kappa shape index (κ1) is 25.3. The van der Waals surface area contributed by atoms with Crippen LogP contribution < -0.4 is 5.32 Å². The highest BCUT2D eigenvalue weighted by molar-refractivity contribution is 14.0. The Morgan fingerprint density at radius 1 is 1.09 bits per heavy atom. The minimum atomic E-state index is 0. The summed E-state index contributed by atoms with van der Waals surface area (Å²) in [5.41, 5.74) is 0. The van der Waals surface area contributed by atoms with Gasteiger partial charge in [0.05, 0.1) is 38.7 Å². The summed E-state index contributed by atoms with van der Waals surface area (Å²) in [6, 6.07) is 3.91. The van der Waals surface area contributed by atoms with Crippen molar-refractivity contribution in [2.24, 2.45) is 4.99 Å². The summed E-state index contributed by atoms with van der Waals surface area (Å²) in [7, 11) is 0. The molecule has 4 heterocycles. The van der Waals surface area contributed by atoms with Crippen LogP contribution in [-0.2, 0) is 20.7 Å². The Kier molecular flexibility index (Phi) is 10.5. The Hall–Kier alpha value is -1.37. The van der Waals surface area contributed by atoms with Crippen molar-refractivity contribution >= 4 is 35.8 Å². The predicted octanol–water partition coefficient (Wildman–Crippen LogP) is 1.04. The number of carbonyl (C=O) groups is 1. The molecule has 1 unspecified atom stereocenters. The Bertz CT molecular complexity index is 697. The van der Waals surface area contributed by atoms with Crippen LogP contribution in [-0.4, -0.2) is 111 Å². The fourth-order valence-electron chi connectivity index (χ4n) is 4.22. The summed E-state index contributed by atoms with van der Waals surface area (Å²) in [5, 5.41) is 3.51. The summed E-state index contributed by atoms with van der Waals surface area (Å²) in [4.78, 5) is 23.9. The third kappa shape index (κ3) is 7.60. The number of nitrogens with one attached hydrogen (secondary N) is 1. The lowest BCUT2D eigenvalue weighted by Gasteiger charge is -2.37. The first-order chi connectivity index (χ1) is 15.3. The summed E-state index contributed by atoms with van der Waals surface area (Å²) in [6.45, 7) is 8.93. The quantitative estimate of drug-likeness (QED) is 0.303. The molecule has 0 radical (unpaired) electrons. The van der Waals surface area contributed by atoms with Gasteiger partial charge in [0.2, 0.25) is 5.91 Å². The van der Waals surface area contributed by atoms with E-state index in [4.69, 9.17) is 18.9 Å². The highest BCUT2D eigenvalue weighted by atomic mass is 127. The number of ether oxygens (including phenoxy) is 2. The Morgan fingerprint density at radius 2 is 1.91 bits per heavy atom. The maximum atomic E-state index is 12.5. The second-order valence-corrected chi connectivity index (χ2v) is 8.31. The lowest BCUT2D eigenvalue weighted by atomic mass is 10.2. The number of rotatable bonds is 7. The van der Waals surface area contributed by atoms with Crippen LogP contribution in [0.15, 0.2) is 27.8 Å². The summed E-state index contributed by atoms with van der Waals surface area (Å²) in [5.74, 6) is 2.11. The van der Waals surface area contributed by atoms with Gasteiger partial charge in [0.15, 0.2) is 5.96 Å². The van der Waals surface area contributed by atoms with Crippen LogP contribution in [0.5, 0.6) is 0 Å². The van der Waals surface area contributed by atoms with Crippen LogP contribution in [0.1, 0.15) is 18.6 Å². The zero-order valence-corrected chi connectivity index (χ0v) is 21.1. The van der Waals surface area contributed by atoms with Gasteiger partial charge in [-0.1, -0.05) is 0 Å². The van der Waals surface area contributed by atoms with Crippen LogP contribution >= 0.6 is 24.0 Å². The van der Waals surface area contributed by atoms with E-state index in [1.807, 2.05) is 17.0 Å². The SMILES string of the molecule is I.O=C(CN1CCN(C(=NCC2CCCO2)NCCc2ccco2)CC1)N1CCOCC1. The Morgan fingerprint density at radius 3 is 2.59 bits per heavy atom. The second kappa shape index (κ2) is 13.4. The van der Waals surface area contributed by atoms with E-state index in [1.165, 1.54) is 0 Å². The van der Waals surface area contributed by atoms with Crippen molar-refractivity contribution in [3.05, 3.63) is 24.2 Å². The van der Waals surface area contributed by atoms with Gasteiger partial charge in [0.1, 0.15) is 5.76 Å². The molecule has 1 aromatic heterocycles. The predicted molar refractivity (Wildman–Crippen MR) is 133 cm³/mol. The van der Waals surface area contributed by atoms with Crippen molar-refractivity contribution in [1.29, 1.82) is 0 Å². The lowest BCUT2D eigenvalue weighted by molar-refractivity contribution is -0.136. The molecule has 1 aromatic rings. The Balaban J connectivity index is 0.00000289. The van der Waals surface area contributed by atoms with Gasteiger partial charge in [-0.3, -0.25) is 14.7 Å². The van der Waals surface area contributed by atoms with E-state index in [9.17, 15) is 4.79 Å². The highest BCUT2D eigenvalue weighted by Gasteiger charge is 2.25. The van der Waals surface area contributed by atoms with Gasteiger partial charge in [-0.2, -0.15) is 0 Å². The molecule has 1 N–H and O–H groups in total. The molecule has 0 spiro atoms. The van der Waals surface area contributed by atoms with Gasteiger partial charge in [0, 0.05) is 58.8 Å². The third-order valence-corrected chi connectivity index (χ3v) is 6.10. The van der Waals surface area contributed by atoms with E-state index in [2.05, 4.69) is 15.1 Å². The molecule has 180 valence electrons. The van der Waals surface area contributed by atoms with Crippen molar-refractivity contribution in [3.63, 3.8) is 0 Å². The van der Waals surface area contributed by atoms with Gasteiger partial charge in [-0.05, 0) is 25.0 Å². The maximum Gasteiger partial charge on any atom is 0.236 e. The molecule has 3 aliphatic heterocycles. The minimum Gasteiger partial charge on any atom is -0.469 e. The first-order valence-electron chi connectivity index (χ1n) is 11.5. The molecule has 1 atom stereocenters. The van der Waals surface area contributed by atoms with Gasteiger partial charge in [-0.25, -0.2) is 0 Å². The number of piperazine rings is 1.